The summed E-state index contributed by atoms with van der Waals surface area (Å²) in [4.78, 5) is 13.1. The molecule has 0 radical (unpaired) electrons. The van der Waals surface area contributed by atoms with Gasteiger partial charge in [-0.05, 0) is 54.3 Å². The molecule has 1 atom stereocenters. The summed E-state index contributed by atoms with van der Waals surface area (Å²) in [6.07, 6.45) is 0.687. The highest BCUT2D eigenvalue weighted by atomic mass is 79.9. The first-order valence-corrected chi connectivity index (χ1v) is 12.8. The number of carbonyl (C=O) groups excluding carboxylic acids is 1. The molecule has 0 spiro atoms. The standard InChI is InChI=1S/C25H25BrN2O3S/c1-18-6-8-19(9-7-18)17-27-25(29)16-24-23-5-3-2-4-20(23)14-15-28(24)32(30,31)22-12-10-21(26)11-13-22/h2-13,24H,14-17H2,1H3,(H,27,29)/t24-/m0/s1. The van der Waals surface area contributed by atoms with Gasteiger partial charge >= 0.3 is 0 Å². The van der Waals surface area contributed by atoms with Gasteiger partial charge in [0.15, 0.2) is 0 Å². The van der Waals surface area contributed by atoms with Crippen molar-refractivity contribution < 1.29 is 13.2 Å². The molecular weight excluding hydrogens is 488 g/mol. The third-order valence-corrected chi connectivity index (χ3v) is 8.22. The van der Waals surface area contributed by atoms with Gasteiger partial charge < -0.3 is 5.32 Å². The third kappa shape index (κ3) is 4.95. The number of halogens is 1. The number of hydrogen-bond acceptors (Lipinski definition) is 3. The third-order valence-electron chi connectivity index (χ3n) is 5.77. The van der Waals surface area contributed by atoms with Crippen molar-refractivity contribution in [1.29, 1.82) is 0 Å². The van der Waals surface area contributed by atoms with Gasteiger partial charge in [0.05, 0.1) is 10.9 Å². The largest absolute Gasteiger partial charge is 0.352 e. The van der Waals surface area contributed by atoms with E-state index in [-0.39, 0.29) is 17.2 Å². The molecule has 0 aliphatic carbocycles. The zero-order chi connectivity index (χ0) is 22.7. The van der Waals surface area contributed by atoms with Crippen LogP contribution in [-0.2, 0) is 27.8 Å². The molecule has 1 aliphatic heterocycles. The molecule has 4 rings (SSSR count). The maximum absolute atomic E-state index is 13.5. The molecule has 166 valence electrons. The van der Waals surface area contributed by atoms with E-state index in [2.05, 4.69) is 21.2 Å². The van der Waals surface area contributed by atoms with Crippen LogP contribution in [0.4, 0.5) is 0 Å². The quantitative estimate of drug-likeness (QED) is 0.518. The molecular formula is C25H25BrN2O3S. The summed E-state index contributed by atoms with van der Waals surface area (Å²) in [7, 11) is -3.76. The van der Waals surface area contributed by atoms with E-state index in [1.54, 1.807) is 24.3 Å². The van der Waals surface area contributed by atoms with E-state index < -0.39 is 16.1 Å². The minimum atomic E-state index is -3.76. The Morgan fingerprint density at radius 3 is 2.44 bits per heavy atom. The Hall–Kier alpha value is -2.48. The van der Waals surface area contributed by atoms with Crippen LogP contribution in [0.15, 0.2) is 82.2 Å². The van der Waals surface area contributed by atoms with Crippen LogP contribution in [0.25, 0.3) is 0 Å². The van der Waals surface area contributed by atoms with Crippen LogP contribution in [0.5, 0.6) is 0 Å². The van der Waals surface area contributed by atoms with Crippen LogP contribution in [-0.4, -0.2) is 25.2 Å². The lowest BCUT2D eigenvalue weighted by Crippen LogP contribution is -2.42. The number of fused-ring (bicyclic) bond motifs is 1. The van der Waals surface area contributed by atoms with Crippen molar-refractivity contribution in [2.75, 3.05) is 6.54 Å². The molecule has 32 heavy (non-hydrogen) atoms. The fourth-order valence-electron chi connectivity index (χ4n) is 4.02. The van der Waals surface area contributed by atoms with Gasteiger partial charge in [0.1, 0.15) is 0 Å². The molecule has 1 aliphatic rings. The van der Waals surface area contributed by atoms with Gasteiger partial charge in [-0.1, -0.05) is 70.0 Å². The van der Waals surface area contributed by atoms with Crippen molar-refractivity contribution in [1.82, 2.24) is 9.62 Å². The predicted molar refractivity (Wildman–Crippen MR) is 129 cm³/mol. The first kappa shape index (κ1) is 22.7. The normalized spacial score (nSPS) is 16.4. The van der Waals surface area contributed by atoms with E-state index in [9.17, 15) is 13.2 Å². The van der Waals surface area contributed by atoms with E-state index in [4.69, 9.17) is 0 Å². The monoisotopic (exact) mass is 512 g/mol. The Labute approximate surface area is 197 Å². The maximum Gasteiger partial charge on any atom is 0.243 e. The second-order valence-corrected chi connectivity index (χ2v) is 10.8. The summed E-state index contributed by atoms with van der Waals surface area (Å²) >= 11 is 3.35. The van der Waals surface area contributed by atoms with Gasteiger partial charge in [0.25, 0.3) is 0 Å². The Kier molecular flexibility index (Phi) is 6.79. The lowest BCUT2D eigenvalue weighted by Gasteiger charge is -2.36. The van der Waals surface area contributed by atoms with Crippen molar-refractivity contribution >= 4 is 31.9 Å². The number of sulfonamides is 1. The van der Waals surface area contributed by atoms with Crippen LogP contribution in [0.2, 0.25) is 0 Å². The number of aryl methyl sites for hydroxylation is 1. The smallest absolute Gasteiger partial charge is 0.243 e. The molecule has 1 heterocycles. The first-order valence-electron chi connectivity index (χ1n) is 10.5. The molecule has 7 heteroatoms. The van der Waals surface area contributed by atoms with Crippen molar-refractivity contribution in [3.8, 4) is 0 Å². The summed E-state index contributed by atoms with van der Waals surface area (Å²) in [6, 6.07) is 21.8. The van der Waals surface area contributed by atoms with E-state index in [1.807, 2.05) is 55.5 Å². The minimum Gasteiger partial charge on any atom is -0.352 e. The van der Waals surface area contributed by atoms with Crippen LogP contribution >= 0.6 is 15.9 Å². The molecule has 0 fully saturated rings. The average molecular weight is 513 g/mol. The fraction of sp³-hybridized carbons (Fsp3) is 0.240. The maximum atomic E-state index is 13.5. The summed E-state index contributed by atoms with van der Waals surface area (Å²) in [5.74, 6) is -0.178. The molecule has 1 amide bonds. The van der Waals surface area contributed by atoms with Gasteiger partial charge in [-0.25, -0.2) is 8.42 Å². The van der Waals surface area contributed by atoms with Gasteiger partial charge in [0, 0.05) is 24.0 Å². The molecule has 1 N–H and O–H groups in total. The highest BCUT2D eigenvalue weighted by Crippen LogP contribution is 2.36. The van der Waals surface area contributed by atoms with Crippen LogP contribution < -0.4 is 5.32 Å². The lowest BCUT2D eigenvalue weighted by atomic mass is 9.92. The molecule has 5 nitrogen and oxygen atoms in total. The number of amides is 1. The number of nitrogens with one attached hydrogen (secondary N) is 1. The Morgan fingerprint density at radius 1 is 1.03 bits per heavy atom. The van der Waals surface area contributed by atoms with E-state index in [0.29, 0.717) is 19.5 Å². The SMILES string of the molecule is Cc1ccc(CNC(=O)C[C@H]2c3ccccc3CCN2S(=O)(=O)c2ccc(Br)cc2)cc1. The van der Waals surface area contributed by atoms with Gasteiger partial charge in [-0.15, -0.1) is 0 Å². The zero-order valence-corrected chi connectivity index (χ0v) is 20.2. The lowest BCUT2D eigenvalue weighted by molar-refractivity contribution is -0.122. The zero-order valence-electron chi connectivity index (χ0n) is 17.8. The minimum absolute atomic E-state index is 0.0681. The predicted octanol–water partition coefficient (Wildman–Crippen LogP) is 4.75. The summed E-state index contributed by atoms with van der Waals surface area (Å²) < 4.78 is 29.3. The summed E-state index contributed by atoms with van der Waals surface area (Å²) in [5.41, 5.74) is 4.15. The number of nitrogens with zero attached hydrogens (tertiary/aromatic N) is 1. The van der Waals surface area contributed by atoms with Gasteiger partial charge in [-0.2, -0.15) is 4.31 Å². The Morgan fingerprint density at radius 2 is 1.72 bits per heavy atom. The Bertz CT molecular complexity index is 1210. The molecule has 0 bridgehead atoms. The van der Waals surface area contributed by atoms with Crippen molar-refractivity contribution in [2.24, 2.45) is 0 Å². The second kappa shape index (κ2) is 9.57. The van der Waals surface area contributed by atoms with Crippen LogP contribution in [0.1, 0.15) is 34.7 Å². The van der Waals surface area contributed by atoms with Crippen molar-refractivity contribution in [3.63, 3.8) is 0 Å². The molecule has 0 aromatic heterocycles. The molecule has 3 aromatic rings. The number of rotatable bonds is 6. The van der Waals surface area contributed by atoms with Crippen LogP contribution in [0, 0.1) is 6.92 Å². The van der Waals surface area contributed by atoms with E-state index in [1.165, 1.54) is 4.31 Å². The average Bonchev–Trinajstić information content (AvgIpc) is 2.79. The molecule has 3 aromatic carbocycles. The van der Waals surface area contributed by atoms with E-state index >= 15 is 0 Å². The van der Waals surface area contributed by atoms with Gasteiger partial charge in [-0.3, -0.25) is 4.79 Å². The summed E-state index contributed by atoms with van der Waals surface area (Å²) in [6.45, 7) is 2.77. The highest BCUT2D eigenvalue weighted by Gasteiger charge is 2.37. The highest BCUT2D eigenvalue weighted by molar-refractivity contribution is 9.10. The van der Waals surface area contributed by atoms with Crippen LogP contribution in [0.3, 0.4) is 0 Å². The number of benzene rings is 3. The van der Waals surface area contributed by atoms with Gasteiger partial charge in [0.2, 0.25) is 15.9 Å². The topological polar surface area (TPSA) is 66.5 Å². The number of carbonyl (C=O) groups is 1. The molecule has 0 saturated carbocycles. The molecule has 0 unspecified atom stereocenters. The summed E-state index contributed by atoms with van der Waals surface area (Å²) in [5, 5.41) is 2.95. The number of hydrogen-bond donors (Lipinski definition) is 1. The molecule has 0 saturated heterocycles. The first-order chi connectivity index (χ1) is 15.3. The fourth-order valence-corrected chi connectivity index (χ4v) is 5.89. The van der Waals surface area contributed by atoms with E-state index in [0.717, 1.165) is 26.7 Å². The van der Waals surface area contributed by atoms with Crippen molar-refractivity contribution in [2.45, 2.75) is 37.2 Å². The second-order valence-electron chi connectivity index (χ2n) is 8.00. The Balaban J connectivity index is 1.58. The van der Waals surface area contributed by atoms with Crippen molar-refractivity contribution in [3.05, 3.63) is 99.5 Å².